The number of hydrogen-bond acceptors (Lipinski definition) is 6. The molecule has 1 aliphatic rings. The number of halogens is 1. The van der Waals surface area contributed by atoms with Gasteiger partial charge in [0.05, 0.1) is 24.0 Å². The van der Waals surface area contributed by atoms with Crippen molar-refractivity contribution in [3.05, 3.63) is 83.4 Å². The summed E-state index contributed by atoms with van der Waals surface area (Å²) >= 11 is 0. The minimum absolute atomic E-state index is 0.0491. The summed E-state index contributed by atoms with van der Waals surface area (Å²) < 4.78 is 27.0. The lowest BCUT2D eigenvalue weighted by molar-refractivity contribution is -0.144. The molecule has 0 bridgehead atoms. The molecule has 10 heteroatoms. The highest BCUT2D eigenvalue weighted by Crippen LogP contribution is 2.36. The summed E-state index contributed by atoms with van der Waals surface area (Å²) in [4.78, 5) is 39.3. The van der Waals surface area contributed by atoms with Crippen LogP contribution in [0.25, 0.3) is 0 Å². The van der Waals surface area contributed by atoms with Gasteiger partial charge in [-0.15, -0.1) is 0 Å². The van der Waals surface area contributed by atoms with Crippen LogP contribution in [0.3, 0.4) is 0 Å². The molecule has 204 valence electrons. The predicted octanol–water partition coefficient (Wildman–Crippen LogP) is 4.83. The van der Waals surface area contributed by atoms with E-state index in [1.165, 1.54) is 41.2 Å². The van der Waals surface area contributed by atoms with Gasteiger partial charge in [0.15, 0.2) is 5.78 Å². The van der Waals surface area contributed by atoms with Gasteiger partial charge in [0.25, 0.3) is 0 Å². The minimum atomic E-state index is -2.19. The number of methoxy groups -OCH3 is 1. The molecule has 0 spiro atoms. The number of aromatic carboxylic acids is 1. The van der Waals surface area contributed by atoms with E-state index in [-0.39, 0.29) is 25.1 Å². The number of amides is 2. The van der Waals surface area contributed by atoms with Gasteiger partial charge in [0.1, 0.15) is 18.2 Å². The van der Waals surface area contributed by atoms with Gasteiger partial charge in [0.2, 0.25) is 5.79 Å². The molecule has 0 saturated carbocycles. The number of alkyl halides is 1. The molecule has 1 atom stereocenters. The smallest absolute Gasteiger partial charge is 0.335 e. The number of nitrogens with two attached hydrogens (primary N) is 1. The Morgan fingerprint density at radius 1 is 1.08 bits per heavy atom. The topological polar surface area (TPSA) is 122 Å². The molecule has 1 unspecified atom stereocenters. The van der Waals surface area contributed by atoms with Gasteiger partial charge in [-0.05, 0) is 66.9 Å². The fraction of sp³-hybridized carbons (Fsp3) is 0.276. The van der Waals surface area contributed by atoms with E-state index in [0.717, 1.165) is 0 Å². The van der Waals surface area contributed by atoms with Gasteiger partial charge in [-0.1, -0.05) is 24.3 Å². The molecule has 1 saturated heterocycles. The molecule has 0 aliphatic carbocycles. The lowest BCUT2D eigenvalue weighted by Crippen LogP contribution is -2.49. The van der Waals surface area contributed by atoms with Crippen molar-refractivity contribution in [2.75, 3.05) is 25.3 Å². The third kappa shape index (κ3) is 5.85. The van der Waals surface area contributed by atoms with E-state index in [0.29, 0.717) is 47.0 Å². The van der Waals surface area contributed by atoms with Gasteiger partial charge in [0, 0.05) is 19.4 Å². The zero-order chi connectivity index (χ0) is 28.2. The Labute approximate surface area is 225 Å². The molecular weight excluding hydrogens is 505 g/mol. The molecule has 39 heavy (non-hydrogen) atoms. The number of para-hydroxylation sites is 2. The molecule has 4 rings (SSSR count). The largest absolute Gasteiger partial charge is 0.495 e. The predicted molar refractivity (Wildman–Crippen MR) is 143 cm³/mol. The van der Waals surface area contributed by atoms with E-state index in [2.05, 4.69) is 0 Å². The van der Waals surface area contributed by atoms with Crippen LogP contribution in [0.4, 0.5) is 20.6 Å². The van der Waals surface area contributed by atoms with E-state index < -0.39 is 23.6 Å². The first-order valence-corrected chi connectivity index (χ1v) is 12.4. The Kier molecular flexibility index (Phi) is 8.15. The molecule has 3 aromatic carbocycles. The SMILES string of the molecule is COc1ccccc1N(C(N)=O)c1ccc(CC(=O)C2(F)CCCN2COc2ccc(C(=O)O)cc2)cc1C. The number of carboxylic acids is 1. The van der Waals surface area contributed by atoms with Crippen LogP contribution < -0.4 is 20.1 Å². The number of Topliss-reactive ketones (excluding diaryl/α,β-unsaturated/α-hetero) is 1. The molecular formula is C29H30FN3O6. The number of nitrogens with zero attached hydrogens (tertiary/aromatic N) is 2. The summed E-state index contributed by atoms with van der Waals surface area (Å²) in [6, 6.07) is 17.1. The van der Waals surface area contributed by atoms with Crippen LogP contribution in [-0.4, -0.2) is 54.0 Å². The average Bonchev–Trinajstić information content (AvgIpc) is 3.30. The number of carbonyl (C=O) groups excluding carboxylic acids is 2. The number of ether oxygens (including phenoxy) is 2. The molecule has 1 heterocycles. The fourth-order valence-corrected chi connectivity index (χ4v) is 4.75. The summed E-state index contributed by atoms with van der Waals surface area (Å²) in [5.74, 6) is -2.99. The third-order valence-corrected chi connectivity index (χ3v) is 6.77. The van der Waals surface area contributed by atoms with Gasteiger partial charge in [-0.2, -0.15) is 0 Å². The van der Waals surface area contributed by atoms with Gasteiger partial charge in [-0.25, -0.2) is 18.9 Å². The number of aryl methyl sites for hydroxylation is 1. The first kappa shape index (κ1) is 27.6. The maximum absolute atomic E-state index is 16.0. The van der Waals surface area contributed by atoms with E-state index in [1.54, 1.807) is 49.4 Å². The zero-order valence-corrected chi connectivity index (χ0v) is 21.7. The Morgan fingerprint density at radius 3 is 2.44 bits per heavy atom. The van der Waals surface area contributed by atoms with E-state index in [1.807, 2.05) is 0 Å². The second kappa shape index (κ2) is 11.5. The monoisotopic (exact) mass is 535 g/mol. The van der Waals surface area contributed by atoms with Crippen molar-refractivity contribution in [2.24, 2.45) is 5.73 Å². The number of benzene rings is 3. The van der Waals surface area contributed by atoms with Gasteiger partial charge < -0.3 is 20.3 Å². The maximum atomic E-state index is 16.0. The van der Waals surface area contributed by atoms with Crippen LogP contribution in [0.5, 0.6) is 11.5 Å². The second-order valence-electron chi connectivity index (χ2n) is 9.30. The number of anilines is 2. The van der Waals surface area contributed by atoms with Crippen molar-refractivity contribution in [2.45, 2.75) is 32.0 Å². The second-order valence-corrected chi connectivity index (χ2v) is 9.30. The highest BCUT2D eigenvalue weighted by Gasteiger charge is 2.47. The molecule has 9 nitrogen and oxygen atoms in total. The van der Waals surface area contributed by atoms with Crippen LogP contribution in [0.2, 0.25) is 0 Å². The lowest BCUT2D eigenvalue weighted by atomic mass is 9.98. The number of ketones is 1. The van der Waals surface area contributed by atoms with Crippen LogP contribution in [0, 0.1) is 6.92 Å². The average molecular weight is 536 g/mol. The number of likely N-dealkylation sites (tertiary alicyclic amines) is 1. The lowest BCUT2D eigenvalue weighted by Gasteiger charge is -2.30. The Morgan fingerprint density at radius 2 is 1.79 bits per heavy atom. The summed E-state index contributed by atoms with van der Waals surface area (Å²) in [6.07, 6.45) is 0.397. The number of rotatable bonds is 10. The van der Waals surface area contributed by atoms with E-state index in [9.17, 15) is 14.4 Å². The molecule has 3 N–H and O–H groups in total. The molecule has 3 aromatic rings. The molecule has 1 aliphatic heterocycles. The van der Waals surface area contributed by atoms with Crippen LogP contribution in [0.1, 0.15) is 34.3 Å². The van der Waals surface area contributed by atoms with Crippen LogP contribution in [-0.2, 0) is 11.2 Å². The van der Waals surface area contributed by atoms with Crippen molar-refractivity contribution < 1.29 is 33.4 Å². The normalized spacial score (nSPS) is 17.0. The standard InChI is InChI=1S/C29H30FN3O6/c1-19-16-20(8-13-23(19)33(28(31)37)24-6-3-4-7-25(24)38-2)17-26(34)29(30)14-5-15-32(29)18-39-22-11-9-21(10-12-22)27(35)36/h3-4,6-13,16H,5,14-15,17-18H2,1-2H3,(H2,31,37)(H,35,36). The number of carbonyl (C=O) groups is 3. The molecule has 2 amide bonds. The number of primary amides is 1. The maximum Gasteiger partial charge on any atom is 0.335 e. The van der Waals surface area contributed by atoms with Gasteiger partial charge >= 0.3 is 12.0 Å². The first-order chi connectivity index (χ1) is 18.6. The highest BCUT2D eigenvalue weighted by molar-refractivity contribution is 6.00. The minimum Gasteiger partial charge on any atom is -0.495 e. The molecule has 0 radical (unpaired) electrons. The van der Waals surface area contributed by atoms with E-state index in [4.69, 9.17) is 20.3 Å². The van der Waals surface area contributed by atoms with E-state index >= 15 is 4.39 Å². The Bertz CT molecular complexity index is 1380. The summed E-state index contributed by atoms with van der Waals surface area (Å²) in [6.45, 7) is 1.98. The fourth-order valence-electron chi connectivity index (χ4n) is 4.75. The number of carboxylic acid groups (broad SMARTS) is 1. The summed E-state index contributed by atoms with van der Waals surface area (Å²) in [7, 11) is 1.50. The van der Waals surface area contributed by atoms with Crippen LogP contribution in [0.15, 0.2) is 66.7 Å². The number of urea groups is 1. The molecule has 0 aromatic heterocycles. The Balaban J connectivity index is 1.48. The third-order valence-electron chi connectivity index (χ3n) is 6.77. The highest BCUT2D eigenvalue weighted by atomic mass is 19.1. The van der Waals surface area contributed by atoms with Crippen LogP contribution >= 0.6 is 0 Å². The Hall–Kier alpha value is -4.44. The van der Waals surface area contributed by atoms with Crippen molar-refractivity contribution in [1.82, 2.24) is 4.90 Å². The van der Waals surface area contributed by atoms with Crippen molar-refractivity contribution in [3.63, 3.8) is 0 Å². The first-order valence-electron chi connectivity index (χ1n) is 12.4. The van der Waals surface area contributed by atoms with Crippen molar-refractivity contribution in [1.29, 1.82) is 0 Å². The molecule has 1 fully saturated rings. The quantitative estimate of drug-likeness (QED) is 0.357. The van der Waals surface area contributed by atoms with Crippen molar-refractivity contribution >= 4 is 29.2 Å². The number of hydrogen-bond donors (Lipinski definition) is 2. The van der Waals surface area contributed by atoms with Gasteiger partial charge in [-0.3, -0.25) is 9.69 Å². The zero-order valence-electron chi connectivity index (χ0n) is 21.7. The summed E-state index contributed by atoms with van der Waals surface area (Å²) in [5.41, 5.74) is 8.08. The summed E-state index contributed by atoms with van der Waals surface area (Å²) in [5, 5.41) is 9.02. The van der Waals surface area contributed by atoms with Crippen molar-refractivity contribution in [3.8, 4) is 11.5 Å².